The molecule has 0 spiro atoms. The van der Waals surface area contributed by atoms with Crippen molar-refractivity contribution in [1.82, 2.24) is 9.88 Å². The molecule has 0 N–H and O–H groups in total. The van der Waals surface area contributed by atoms with Crippen molar-refractivity contribution in [2.24, 2.45) is 0 Å². The second-order valence-corrected chi connectivity index (χ2v) is 7.28. The predicted molar refractivity (Wildman–Crippen MR) is 97.5 cm³/mol. The molecule has 138 valence electrons. The van der Waals surface area contributed by atoms with E-state index in [4.69, 9.17) is 16.3 Å². The number of likely N-dealkylation sites (tertiary alicyclic amines) is 1. The average molecular weight is 369 g/mol. The Morgan fingerprint density at radius 3 is 2.56 bits per heavy atom. The minimum Gasteiger partial charge on any atom is -0.381 e. The van der Waals surface area contributed by atoms with Gasteiger partial charge in [0.1, 0.15) is 11.5 Å². The predicted octanol–water partition coefficient (Wildman–Crippen LogP) is 3.03. The van der Waals surface area contributed by atoms with Crippen molar-refractivity contribution in [2.75, 3.05) is 38.3 Å². The topological polar surface area (TPSA) is 71.7 Å². The van der Waals surface area contributed by atoms with Crippen molar-refractivity contribution in [2.45, 2.75) is 44.7 Å². The fraction of sp³-hybridized carbons (Fsp3) is 0.706. The highest BCUT2D eigenvalue weighted by Crippen LogP contribution is 2.32. The molecule has 2 aliphatic rings. The summed E-state index contributed by atoms with van der Waals surface area (Å²) in [5.74, 6) is 0.634. The summed E-state index contributed by atoms with van der Waals surface area (Å²) in [6.45, 7) is 5.50. The summed E-state index contributed by atoms with van der Waals surface area (Å²) in [5, 5.41) is 11.4. The van der Waals surface area contributed by atoms with Crippen molar-refractivity contribution < 1.29 is 9.66 Å². The van der Waals surface area contributed by atoms with E-state index in [1.54, 1.807) is 6.92 Å². The summed E-state index contributed by atoms with van der Waals surface area (Å²) in [5.41, 5.74) is 0.368. The van der Waals surface area contributed by atoms with Crippen molar-refractivity contribution in [3.8, 4) is 0 Å². The van der Waals surface area contributed by atoms with Crippen LogP contribution >= 0.6 is 11.6 Å². The first-order chi connectivity index (χ1) is 12.0. The third-order valence-electron chi connectivity index (χ3n) is 5.41. The van der Waals surface area contributed by atoms with Gasteiger partial charge in [-0.25, -0.2) is 4.98 Å². The molecule has 1 aromatic rings. The normalized spacial score (nSPS) is 20.6. The molecule has 7 nitrogen and oxygen atoms in total. The maximum absolute atomic E-state index is 11.0. The molecule has 0 aliphatic carbocycles. The number of nitrogens with zero attached hydrogens (tertiary/aromatic N) is 4. The molecule has 0 atom stereocenters. The number of aryl methyl sites for hydroxylation is 1. The SMILES string of the molecule is Cc1nc(N(C)C2CCN(C3CCOCC3)CC2)c(Cl)cc1[N+](=O)[O-]. The molecule has 0 unspecified atom stereocenters. The van der Waals surface area contributed by atoms with Crippen LogP contribution in [0.4, 0.5) is 11.5 Å². The van der Waals surface area contributed by atoms with Crippen molar-refractivity contribution in [3.05, 3.63) is 26.9 Å². The lowest BCUT2D eigenvalue weighted by molar-refractivity contribution is -0.385. The van der Waals surface area contributed by atoms with Gasteiger partial charge in [0.25, 0.3) is 5.69 Å². The number of nitro groups is 1. The Bertz CT molecular complexity index is 629. The summed E-state index contributed by atoms with van der Waals surface area (Å²) in [6.07, 6.45) is 4.33. The van der Waals surface area contributed by atoms with Gasteiger partial charge in [0.15, 0.2) is 0 Å². The van der Waals surface area contributed by atoms with E-state index in [1.807, 2.05) is 7.05 Å². The Morgan fingerprint density at radius 1 is 1.32 bits per heavy atom. The standard InChI is InChI=1S/C17H25ClN4O3/c1-12-16(22(23)24)11-15(18)17(19-12)20(2)13-3-7-21(8-4-13)14-5-9-25-10-6-14/h11,13-14H,3-10H2,1-2H3. The van der Waals surface area contributed by atoms with Crippen LogP contribution in [0.25, 0.3) is 0 Å². The molecule has 3 heterocycles. The molecule has 8 heteroatoms. The molecular weight excluding hydrogens is 344 g/mol. The van der Waals surface area contributed by atoms with Crippen molar-refractivity contribution in [1.29, 1.82) is 0 Å². The van der Waals surface area contributed by atoms with Crippen LogP contribution < -0.4 is 4.90 Å². The second-order valence-electron chi connectivity index (χ2n) is 6.88. The maximum Gasteiger partial charge on any atom is 0.292 e. The number of rotatable bonds is 4. The summed E-state index contributed by atoms with van der Waals surface area (Å²) in [7, 11) is 1.98. The highest BCUT2D eigenvalue weighted by molar-refractivity contribution is 6.33. The number of hydrogen-bond donors (Lipinski definition) is 0. The lowest BCUT2D eigenvalue weighted by atomic mass is 9.99. The average Bonchev–Trinajstić information content (AvgIpc) is 2.63. The maximum atomic E-state index is 11.0. The molecular formula is C17H25ClN4O3. The molecule has 2 fully saturated rings. The van der Waals surface area contributed by atoms with Crippen LogP contribution in [-0.2, 0) is 4.74 Å². The van der Waals surface area contributed by atoms with E-state index in [0.29, 0.717) is 28.6 Å². The van der Waals surface area contributed by atoms with Crippen LogP contribution in [0, 0.1) is 17.0 Å². The lowest BCUT2D eigenvalue weighted by Crippen LogP contribution is -2.48. The van der Waals surface area contributed by atoms with E-state index in [9.17, 15) is 10.1 Å². The molecule has 0 bridgehead atoms. The van der Waals surface area contributed by atoms with Gasteiger partial charge >= 0.3 is 0 Å². The fourth-order valence-corrected chi connectivity index (χ4v) is 4.13. The first kappa shape index (κ1) is 18.4. The zero-order chi connectivity index (χ0) is 18.0. The van der Waals surface area contributed by atoms with Crippen LogP contribution in [0.3, 0.4) is 0 Å². The van der Waals surface area contributed by atoms with E-state index in [-0.39, 0.29) is 5.69 Å². The van der Waals surface area contributed by atoms with E-state index < -0.39 is 4.92 Å². The van der Waals surface area contributed by atoms with Crippen LogP contribution in [0.1, 0.15) is 31.4 Å². The first-order valence-electron chi connectivity index (χ1n) is 8.83. The zero-order valence-corrected chi connectivity index (χ0v) is 15.5. The van der Waals surface area contributed by atoms with Crippen LogP contribution in [0.5, 0.6) is 0 Å². The number of piperidine rings is 1. The van der Waals surface area contributed by atoms with Crippen molar-refractivity contribution >= 4 is 23.1 Å². The Balaban J connectivity index is 1.65. The van der Waals surface area contributed by atoms with Crippen LogP contribution in [-0.4, -0.2) is 60.2 Å². The van der Waals surface area contributed by atoms with Gasteiger partial charge in [0.05, 0.1) is 9.95 Å². The number of anilines is 1. The number of pyridine rings is 1. The van der Waals surface area contributed by atoms with E-state index in [1.165, 1.54) is 6.07 Å². The summed E-state index contributed by atoms with van der Waals surface area (Å²) < 4.78 is 5.45. The Morgan fingerprint density at radius 2 is 1.96 bits per heavy atom. The fourth-order valence-electron chi connectivity index (χ4n) is 3.85. The number of halogens is 1. The smallest absolute Gasteiger partial charge is 0.292 e. The molecule has 1 aromatic heterocycles. The summed E-state index contributed by atoms with van der Waals surface area (Å²) >= 11 is 6.28. The molecule has 25 heavy (non-hydrogen) atoms. The third-order valence-corrected chi connectivity index (χ3v) is 5.68. The molecule has 0 aromatic carbocycles. The number of ether oxygens (including phenoxy) is 1. The van der Waals surface area contributed by atoms with E-state index in [0.717, 1.165) is 52.0 Å². The summed E-state index contributed by atoms with van der Waals surface area (Å²) in [4.78, 5) is 19.6. The van der Waals surface area contributed by atoms with Crippen LogP contribution in [0.2, 0.25) is 5.02 Å². The molecule has 0 radical (unpaired) electrons. The highest BCUT2D eigenvalue weighted by atomic mass is 35.5. The van der Waals surface area contributed by atoms with Crippen molar-refractivity contribution in [3.63, 3.8) is 0 Å². The van der Waals surface area contributed by atoms with Gasteiger partial charge in [-0.15, -0.1) is 0 Å². The van der Waals surface area contributed by atoms with Crippen LogP contribution in [0.15, 0.2) is 6.07 Å². The quantitative estimate of drug-likeness (QED) is 0.601. The minimum atomic E-state index is -0.440. The summed E-state index contributed by atoms with van der Waals surface area (Å²) in [6, 6.07) is 2.40. The molecule has 2 aliphatic heterocycles. The second kappa shape index (κ2) is 7.85. The van der Waals surface area contributed by atoms with Gasteiger partial charge in [-0.1, -0.05) is 11.6 Å². The highest BCUT2D eigenvalue weighted by Gasteiger charge is 2.29. The Kier molecular flexibility index (Phi) is 5.76. The van der Waals surface area contributed by atoms with Gasteiger partial charge in [0.2, 0.25) is 0 Å². The number of hydrogen-bond acceptors (Lipinski definition) is 6. The van der Waals surface area contributed by atoms with Gasteiger partial charge in [0, 0.05) is 51.5 Å². The number of aromatic nitrogens is 1. The van der Waals surface area contributed by atoms with Gasteiger partial charge in [-0.2, -0.15) is 0 Å². The zero-order valence-electron chi connectivity index (χ0n) is 14.8. The first-order valence-corrected chi connectivity index (χ1v) is 9.21. The molecule has 3 rings (SSSR count). The van der Waals surface area contributed by atoms with Gasteiger partial charge in [-0.3, -0.25) is 10.1 Å². The van der Waals surface area contributed by atoms with E-state index >= 15 is 0 Å². The van der Waals surface area contributed by atoms with Gasteiger partial charge < -0.3 is 14.5 Å². The molecule has 0 saturated carbocycles. The van der Waals surface area contributed by atoms with E-state index in [2.05, 4.69) is 14.8 Å². The van der Waals surface area contributed by atoms with Gasteiger partial charge in [-0.05, 0) is 32.6 Å². The largest absolute Gasteiger partial charge is 0.381 e. The monoisotopic (exact) mass is 368 g/mol. The third kappa shape index (κ3) is 4.04. The Labute approximate surface area is 153 Å². The molecule has 0 amide bonds. The minimum absolute atomic E-state index is 0.0310. The lowest BCUT2D eigenvalue weighted by Gasteiger charge is -2.42. The molecule has 2 saturated heterocycles. The Hall–Kier alpha value is -1.44.